The highest BCUT2D eigenvalue weighted by atomic mass is 28.3. The number of rotatable bonds is 0. The molecule has 0 spiro atoms. The molecule has 0 amide bonds. The van der Waals surface area contributed by atoms with E-state index in [1.807, 2.05) is 14.0 Å². The van der Waals surface area contributed by atoms with E-state index in [0.29, 0.717) is 5.82 Å². The third kappa shape index (κ3) is 2.39. The van der Waals surface area contributed by atoms with Crippen LogP contribution >= 0.6 is 0 Å². The van der Waals surface area contributed by atoms with Crippen molar-refractivity contribution in [1.82, 2.24) is 9.78 Å². The van der Waals surface area contributed by atoms with Crippen LogP contribution in [0.2, 0.25) is 19.6 Å². The lowest BCUT2D eigenvalue weighted by Gasteiger charge is -2.03. The lowest BCUT2D eigenvalue weighted by atomic mass is 10.2. The van der Waals surface area contributed by atoms with Crippen LogP contribution in [0.25, 0.3) is 0 Å². The molecule has 0 atom stereocenters. The molecule has 1 aromatic rings. The second kappa shape index (κ2) is 3.50. The van der Waals surface area contributed by atoms with E-state index in [2.05, 4.69) is 36.2 Å². The van der Waals surface area contributed by atoms with E-state index in [1.165, 1.54) is 0 Å². The molecule has 3 nitrogen and oxygen atoms in total. The summed E-state index contributed by atoms with van der Waals surface area (Å²) >= 11 is 0. The zero-order valence-electron chi connectivity index (χ0n) is 9.47. The smallest absolute Gasteiger partial charge is 0.137 e. The van der Waals surface area contributed by atoms with Gasteiger partial charge in [-0.15, -0.1) is 5.54 Å². The molecule has 1 aromatic heterocycles. The van der Waals surface area contributed by atoms with Gasteiger partial charge in [0.1, 0.15) is 13.9 Å². The quantitative estimate of drug-likeness (QED) is 0.518. The van der Waals surface area contributed by atoms with Gasteiger partial charge in [0, 0.05) is 7.05 Å². The van der Waals surface area contributed by atoms with Gasteiger partial charge in [0.05, 0.1) is 11.3 Å². The molecule has 0 fully saturated rings. The standard InChI is InChI=1S/C10H17N3Si/c1-8-9(6-7-14(3,4)5)10(11)13(2)12-8/h11H2,1-5H3. The summed E-state index contributed by atoms with van der Waals surface area (Å²) in [6.07, 6.45) is 0. The highest BCUT2D eigenvalue weighted by Crippen LogP contribution is 2.13. The fourth-order valence-electron chi connectivity index (χ4n) is 1.08. The SMILES string of the molecule is Cc1nn(C)c(N)c1C#C[Si](C)(C)C. The lowest BCUT2D eigenvalue weighted by Crippen LogP contribution is -2.16. The third-order valence-corrected chi connectivity index (χ3v) is 2.70. The van der Waals surface area contributed by atoms with Crippen LogP contribution in [-0.4, -0.2) is 17.9 Å². The number of hydrogen-bond acceptors (Lipinski definition) is 2. The van der Waals surface area contributed by atoms with Gasteiger partial charge in [-0.3, -0.25) is 4.68 Å². The van der Waals surface area contributed by atoms with Crippen molar-refractivity contribution in [2.75, 3.05) is 5.73 Å². The number of nitrogen functional groups attached to an aromatic ring is 1. The van der Waals surface area contributed by atoms with Crippen molar-refractivity contribution in [1.29, 1.82) is 0 Å². The molecule has 0 unspecified atom stereocenters. The Kier molecular flexibility index (Phi) is 2.72. The maximum atomic E-state index is 5.85. The molecule has 14 heavy (non-hydrogen) atoms. The Morgan fingerprint density at radius 1 is 1.36 bits per heavy atom. The maximum Gasteiger partial charge on any atom is 0.137 e. The minimum absolute atomic E-state index is 0.660. The summed E-state index contributed by atoms with van der Waals surface area (Å²) in [7, 11) is 0.505. The van der Waals surface area contributed by atoms with Crippen LogP contribution < -0.4 is 5.73 Å². The minimum Gasteiger partial charge on any atom is -0.383 e. The van der Waals surface area contributed by atoms with Crippen molar-refractivity contribution in [3.63, 3.8) is 0 Å². The van der Waals surface area contributed by atoms with E-state index in [-0.39, 0.29) is 0 Å². The Bertz CT molecular complexity index is 401. The highest BCUT2D eigenvalue weighted by molar-refractivity contribution is 6.83. The van der Waals surface area contributed by atoms with Crippen molar-refractivity contribution >= 4 is 13.9 Å². The van der Waals surface area contributed by atoms with Crippen LogP contribution in [0.3, 0.4) is 0 Å². The molecule has 0 aliphatic heterocycles. The number of nitrogens with zero attached hydrogens (tertiary/aromatic N) is 2. The number of aromatic nitrogens is 2. The summed E-state index contributed by atoms with van der Waals surface area (Å²) in [5, 5.41) is 4.22. The lowest BCUT2D eigenvalue weighted by molar-refractivity contribution is 0.767. The van der Waals surface area contributed by atoms with Gasteiger partial charge in [-0.2, -0.15) is 5.10 Å². The molecule has 0 aromatic carbocycles. The Morgan fingerprint density at radius 3 is 2.29 bits per heavy atom. The monoisotopic (exact) mass is 207 g/mol. The van der Waals surface area contributed by atoms with Crippen LogP contribution in [-0.2, 0) is 7.05 Å². The molecule has 0 aliphatic rings. The Labute approximate surface area is 86.3 Å². The van der Waals surface area contributed by atoms with Crippen molar-refractivity contribution in [3.05, 3.63) is 11.3 Å². The second-order valence-corrected chi connectivity index (χ2v) is 9.22. The van der Waals surface area contributed by atoms with E-state index >= 15 is 0 Å². The maximum absolute atomic E-state index is 5.85. The van der Waals surface area contributed by atoms with Crippen LogP contribution in [0.4, 0.5) is 5.82 Å². The van der Waals surface area contributed by atoms with Gasteiger partial charge in [-0.1, -0.05) is 25.6 Å². The first-order valence-corrected chi connectivity index (χ1v) is 8.13. The molecule has 1 rings (SSSR count). The minimum atomic E-state index is -1.33. The van der Waals surface area contributed by atoms with Crippen molar-refractivity contribution in [2.24, 2.45) is 7.05 Å². The van der Waals surface area contributed by atoms with Gasteiger partial charge < -0.3 is 5.73 Å². The summed E-state index contributed by atoms with van der Waals surface area (Å²) in [4.78, 5) is 0. The van der Waals surface area contributed by atoms with E-state index in [0.717, 1.165) is 11.3 Å². The average molecular weight is 207 g/mol. The summed E-state index contributed by atoms with van der Waals surface area (Å²) < 4.78 is 1.67. The summed E-state index contributed by atoms with van der Waals surface area (Å²) in [6, 6.07) is 0. The van der Waals surface area contributed by atoms with Crippen LogP contribution in [0.15, 0.2) is 0 Å². The van der Waals surface area contributed by atoms with Gasteiger partial charge in [0.15, 0.2) is 0 Å². The van der Waals surface area contributed by atoms with Crippen LogP contribution in [0.1, 0.15) is 11.3 Å². The van der Waals surface area contributed by atoms with Crippen molar-refractivity contribution < 1.29 is 0 Å². The van der Waals surface area contributed by atoms with Gasteiger partial charge in [0.25, 0.3) is 0 Å². The molecule has 76 valence electrons. The van der Waals surface area contributed by atoms with Crippen LogP contribution in [0.5, 0.6) is 0 Å². The van der Waals surface area contributed by atoms with E-state index < -0.39 is 8.07 Å². The first-order valence-electron chi connectivity index (χ1n) is 4.63. The number of nitrogens with two attached hydrogens (primary N) is 1. The second-order valence-electron chi connectivity index (χ2n) is 4.47. The number of hydrogen-bond donors (Lipinski definition) is 1. The molecular formula is C10H17N3Si. The first kappa shape index (κ1) is 10.9. The number of aryl methyl sites for hydroxylation is 2. The fraction of sp³-hybridized carbons (Fsp3) is 0.500. The normalized spacial score (nSPS) is 10.9. The molecular weight excluding hydrogens is 190 g/mol. The Balaban J connectivity index is 3.13. The van der Waals surface area contributed by atoms with E-state index in [4.69, 9.17) is 5.73 Å². The van der Waals surface area contributed by atoms with Gasteiger partial charge in [-0.05, 0) is 6.92 Å². The largest absolute Gasteiger partial charge is 0.383 e. The molecule has 0 bridgehead atoms. The van der Waals surface area contributed by atoms with Gasteiger partial charge >= 0.3 is 0 Å². The molecule has 0 saturated heterocycles. The first-order chi connectivity index (χ1) is 6.31. The average Bonchev–Trinajstić information content (AvgIpc) is 2.23. The highest BCUT2D eigenvalue weighted by Gasteiger charge is 2.10. The van der Waals surface area contributed by atoms with Gasteiger partial charge in [0.2, 0.25) is 0 Å². The topological polar surface area (TPSA) is 43.8 Å². The fourth-order valence-corrected chi connectivity index (χ4v) is 1.58. The molecule has 2 N–H and O–H groups in total. The molecule has 0 radical (unpaired) electrons. The Hall–Kier alpha value is -1.21. The van der Waals surface area contributed by atoms with Crippen molar-refractivity contribution in [3.8, 4) is 11.5 Å². The zero-order valence-corrected chi connectivity index (χ0v) is 10.5. The van der Waals surface area contributed by atoms with E-state index in [9.17, 15) is 0 Å². The number of anilines is 1. The van der Waals surface area contributed by atoms with Gasteiger partial charge in [-0.25, -0.2) is 0 Å². The Morgan fingerprint density at radius 2 is 1.93 bits per heavy atom. The predicted octanol–water partition coefficient (Wildman–Crippen LogP) is 1.54. The zero-order chi connectivity index (χ0) is 10.9. The van der Waals surface area contributed by atoms with Crippen LogP contribution in [0, 0.1) is 18.4 Å². The summed E-state index contributed by atoms with van der Waals surface area (Å²) in [6.45, 7) is 8.57. The molecule has 0 aliphatic carbocycles. The van der Waals surface area contributed by atoms with E-state index in [1.54, 1.807) is 4.68 Å². The molecule has 1 heterocycles. The molecule has 0 saturated carbocycles. The summed E-state index contributed by atoms with van der Waals surface area (Å²) in [5.41, 5.74) is 10.9. The van der Waals surface area contributed by atoms with Crippen molar-refractivity contribution in [2.45, 2.75) is 26.6 Å². The summed E-state index contributed by atoms with van der Waals surface area (Å²) in [5.74, 6) is 3.81. The third-order valence-electron chi connectivity index (χ3n) is 1.83. The molecule has 4 heteroatoms. The predicted molar refractivity (Wildman–Crippen MR) is 62.6 cm³/mol.